The monoisotopic (exact) mass is 462 g/mol. The first-order valence-corrected chi connectivity index (χ1v) is 11.1. The maximum absolute atomic E-state index is 10.00. The first-order valence-electron chi connectivity index (χ1n) is 10.7. The number of aryl methyl sites for hydroxylation is 1. The van der Waals surface area contributed by atoms with Crippen molar-refractivity contribution >= 4 is 23.7 Å². The Morgan fingerprint density at radius 3 is 2.21 bits per heavy atom. The molecule has 0 spiro atoms. The summed E-state index contributed by atoms with van der Waals surface area (Å²) in [5, 5.41) is 10.7. The fourth-order valence-electron chi connectivity index (χ4n) is 3.73. The van der Waals surface area contributed by atoms with Crippen LogP contribution in [0.4, 0.5) is 5.88 Å². The van der Waals surface area contributed by atoms with Gasteiger partial charge < -0.3 is 8.83 Å². The van der Waals surface area contributed by atoms with E-state index in [1.807, 2.05) is 97.9 Å². The molecular formula is C29H19ClN2O2. The van der Waals surface area contributed by atoms with Crippen LogP contribution in [-0.2, 0) is 0 Å². The molecular weight excluding hydrogens is 444 g/mol. The first-order chi connectivity index (χ1) is 16.6. The van der Waals surface area contributed by atoms with Crippen LogP contribution in [0.15, 0.2) is 105 Å². The summed E-state index contributed by atoms with van der Waals surface area (Å²) in [4.78, 5) is 4.48. The van der Waals surface area contributed by atoms with Crippen molar-refractivity contribution in [3.05, 3.63) is 113 Å². The molecule has 5 heteroatoms. The summed E-state index contributed by atoms with van der Waals surface area (Å²) in [6.07, 6.45) is 1.56. The lowest BCUT2D eigenvalue weighted by Crippen LogP contribution is -1.83. The van der Waals surface area contributed by atoms with Gasteiger partial charge in [0.1, 0.15) is 28.9 Å². The number of aliphatic imine (C=N–C) groups is 1. The number of hydrogen-bond acceptors (Lipinski definition) is 4. The highest BCUT2D eigenvalue weighted by Gasteiger charge is 2.22. The third-order valence-corrected chi connectivity index (χ3v) is 5.90. The third kappa shape index (κ3) is 4.17. The summed E-state index contributed by atoms with van der Waals surface area (Å²) >= 11 is 6.25. The maximum atomic E-state index is 10.00. The molecule has 164 valence electrons. The number of benzene rings is 3. The molecule has 5 aromatic rings. The molecule has 0 saturated carbocycles. The van der Waals surface area contributed by atoms with Crippen LogP contribution in [0.2, 0.25) is 5.02 Å². The number of nitrogens with zero attached hydrogens (tertiary/aromatic N) is 2. The van der Waals surface area contributed by atoms with Crippen molar-refractivity contribution in [2.75, 3.05) is 0 Å². The summed E-state index contributed by atoms with van der Waals surface area (Å²) in [5.74, 6) is 2.05. The van der Waals surface area contributed by atoms with Crippen LogP contribution in [-0.4, -0.2) is 6.21 Å². The zero-order valence-electron chi connectivity index (χ0n) is 18.3. The van der Waals surface area contributed by atoms with E-state index in [9.17, 15) is 5.26 Å². The molecule has 3 aromatic carbocycles. The lowest BCUT2D eigenvalue weighted by molar-refractivity contribution is 0.572. The van der Waals surface area contributed by atoms with Gasteiger partial charge in [0.2, 0.25) is 5.88 Å². The van der Waals surface area contributed by atoms with E-state index in [1.165, 1.54) is 0 Å². The van der Waals surface area contributed by atoms with Crippen molar-refractivity contribution in [2.45, 2.75) is 6.92 Å². The number of rotatable bonds is 5. The SMILES string of the molecule is Cc1ccc(-c2ccc(/C=N/c3oc(-c4ccccc4)c(-c4ccccc4)c3C#N)o2)cc1Cl. The van der Waals surface area contributed by atoms with Gasteiger partial charge in [-0.2, -0.15) is 5.26 Å². The molecule has 2 heterocycles. The van der Waals surface area contributed by atoms with Gasteiger partial charge in [-0.15, -0.1) is 0 Å². The van der Waals surface area contributed by atoms with Crippen LogP contribution >= 0.6 is 11.6 Å². The number of nitriles is 1. The highest BCUT2D eigenvalue weighted by atomic mass is 35.5. The van der Waals surface area contributed by atoms with Gasteiger partial charge >= 0.3 is 0 Å². The van der Waals surface area contributed by atoms with E-state index in [4.69, 9.17) is 20.4 Å². The first kappa shape index (κ1) is 21.5. The molecule has 0 radical (unpaired) electrons. The minimum atomic E-state index is 0.233. The van der Waals surface area contributed by atoms with E-state index in [0.29, 0.717) is 27.9 Å². The van der Waals surface area contributed by atoms with E-state index < -0.39 is 0 Å². The van der Waals surface area contributed by atoms with E-state index in [2.05, 4.69) is 11.1 Å². The van der Waals surface area contributed by atoms with Gasteiger partial charge in [-0.3, -0.25) is 0 Å². The maximum Gasteiger partial charge on any atom is 0.238 e. The molecule has 2 aromatic heterocycles. The lowest BCUT2D eigenvalue weighted by atomic mass is 9.98. The van der Waals surface area contributed by atoms with Gasteiger partial charge in [0.15, 0.2) is 0 Å². The number of halogens is 1. The van der Waals surface area contributed by atoms with E-state index in [0.717, 1.165) is 27.8 Å². The summed E-state index contributed by atoms with van der Waals surface area (Å²) < 4.78 is 12.1. The number of furan rings is 2. The molecule has 0 atom stereocenters. The molecule has 4 nitrogen and oxygen atoms in total. The van der Waals surface area contributed by atoms with Crippen LogP contribution in [0.1, 0.15) is 16.9 Å². The number of hydrogen-bond donors (Lipinski definition) is 0. The second-order valence-corrected chi connectivity index (χ2v) is 8.16. The average molecular weight is 463 g/mol. The van der Waals surface area contributed by atoms with Gasteiger partial charge in [-0.05, 0) is 36.2 Å². The van der Waals surface area contributed by atoms with Crippen molar-refractivity contribution in [2.24, 2.45) is 4.99 Å². The molecule has 0 aliphatic carbocycles. The van der Waals surface area contributed by atoms with Crippen LogP contribution in [0, 0.1) is 18.3 Å². The second kappa shape index (κ2) is 9.27. The van der Waals surface area contributed by atoms with Crippen LogP contribution in [0.5, 0.6) is 0 Å². The second-order valence-electron chi connectivity index (χ2n) is 7.75. The third-order valence-electron chi connectivity index (χ3n) is 5.49. The quantitative estimate of drug-likeness (QED) is 0.246. The van der Waals surface area contributed by atoms with Gasteiger partial charge in [-0.1, -0.05) is 84.4 Å². The Morgan fingerprint density at radius 2 is 1.53 bits per heavy atom. The van der Waals surface area contributed by atoms with Gasteiger partial charge in [0, 0.05) is 21.7 Å². The minimum absolute atomic E-state index is 0.233. The van der Waals surface area contributed by atoms with Crippen molar-refractivity contribution in [3.63, 3.8) is 0 Å². The van der Waals surface area contributed by atoms with E-state index >= 15 is 0 Å². The molecule has 5 rings (SSSR count). The molecule has 0 N–H and O–H groups in total. The van der Waals surface area contributed by atoms with Crippen molar-refractivity contribution in [3.8, 4) is 39.8 Å². The van der Waals surface area contributed by atoms with E-state index in [1.54, 1.807) is 6.21 Å². The van der Waals surface area contributed by atoms with Gasteiger partial charge in [0.25, 0.3) is 0 Å². The standard InChI is InChI=1S/C29H19ClN2O2/c1-19-12-13-22(16-25(19)30)26-15-14-23(33-26)18-32-29-24(17-31)27(20-8-4-2-5-9-20)28(34-29)21-10-6-3-7-11-21/h2-16,18H,1H3/b32-18+. The Morgan fingerprint density at radius 1 is 0.824 bits per heavy atom. The minimum Gasteiger partial charge on any atom is -0.455 e. The smallest absolute Gasteiger partial charge is 0.238 e. The topological polar surface area (TPSA) is 62.4 Å². The van der Waals surface area contributed by atoms with Crippen LogP contribution in [0.3, 0.4) is 0 Å². The van der Waals surface area contributed by atoms with E-state index in [-0.39, 0.29) is 5.88 Å². The summed E-state index contributed by atoms with van der Waals surface area (Å²) in [6, 6.07) is 31.2. The lowest BCUT2D eigenvalue weighted by Gasteiger charge is -2.03. The van der Waals surface area contributed by atoms with Gasteiger partial charge in [-0.25, -0.2) is 4.99 Å². The molecule has 0 aliphatic heterocycles. The molecule has 0 aliphatic rings. The zero-order chi connectivity index (χ0) is 23.5. The molecule has 0 amide bonds. The normalized spacial score (nSPS) is 11.1. The molecule has 34 heavy (non-hydrogen) atoms. The predicted octanol–water partition coefficient (Wildman–Crippen LogP) is 8.46. The highest BCUT2D eigenvalue weighted by Crippen LogP contribution is 2.42. The summed E-state index contributed by atoms with van der Waals surface area (Å²) in [6.45, 7) is 1.95. The predicted molar refractivity (Wildman–Crippen MR) is 135 cm³/mol. The Labute approximate surface area is 202 Å². The molecule has 0 saturated heterocycles. The Kier molecular flexibility index (Phi) is 5.86. The Hall–Kier alpha value is -4.33. The Bertz CT molecular complexity index is 1520. The fourth-order valence-corrected chi connectivity index (χ4v) is 3.91. The average Bonchev–Trinajstić information content (AvgIpc) is 3.50. The van der Waals surface area contributed by atoms with Crippen LogP contribution < -0.4 is 0 Å². The van der Waals surface area contributed by atoms with Gasteiger partial charge in [0.05, 0.1) is 6.21 Å². The molecule has 0 bridgehead atoms. The Balaban J connectivity index is 1.55. The zero-order valence-corrected chi connectivity index (χ0v) is 19.1. The largest absolute Gasteiger partial charge is 0.455 e. The molecule has 0 fully saturated rings. The summed E-state index contributed by atoms with van der Waals surface area (Å²) in [5.41, 5.74) is 4.73. The van der Waals surface area contributed by atoms with Crippen molar-refractivity contribution in [1.29, 1.82) is 5.26 Å². The van der Waals surface area contributed by atoms with Crippen LogP contribution in [0.25, 0.3) is 33.8 Å². The summed E-state index contributed by atoms with van der Waals surface area (Å²) in [7, 11) is 0. The van der Waals surface area contributed by atoms with Crippen molar-refractivity contribution in [1.82, 2.24) is 0 Å². The fraction of sp³-hybridized carbons (Fsp3) is 0.0345. The molecule has 0 unspecified atom stereocenters. The highest BCUT2D eigenvalue weighted by molar-refractivity contribution is 6.31. The van der Waals surface area contributed by atoms with Crippen molar-refractivity contribution < 1.29 is 8.83 Å².